The Kier molecular flexibility index (Phi) is 2.64. The Hall–Kier alpha value is -1.85. The first-order valence-corrected chi connectivity index (χ1v) is 4.67. The molecule has 0 aliphatic rings. The van der Waals surface area contributed by atoms with Crippen LogP contribution in [0.15, 0.2) is 18.5 Å². The molecule has 3 nitrogen and oxygen atoms in total. The van der Waals surface area contributed by atoms with E-state index in [0.29, 0.717) is 18.3 Å². The van der Waals surface area contributed by atoms with Crippen molar-refractivity contribution in [2.45, 2.75) is 13.3 Å². The number of pyridine rings is 1. The Morgan fingerprint density at radius 2 is 2.00 bits per heavy atom. The molecule has 2 aromatic rings. The van der Waals surface area contributed by atoms with Crippen LogP contribution < -0.4 is 0 Å². The van der Waals surface area contributed by atoms with E-state index in [4.69, 9.17) is 0 Å². The predicted octanol–water partition coefficient (Wildman–Crippen LogP) is 2.25. The summed E-state index contributed by atoms with van der Waals surface area (Å²) >= 11 is 0. The van der Waals surface area contributed by atoms with Crippen LogP contribution >= 0.6 is 0 Å². The Morgan fingerprint density at radius 1 is 1.25 bits per heavy atom. The van der Waals surface area contributed by atoms with Crippen LogP contribution in [-0.2, 0) is 6.42 Å². The molecule has 0 unspecified atom stereocenters. The quantitative estimate of drug-likeness (QED) is 0.736. The maximum atomic E-state index is 13.4. The number of imidazole rings is 1. The highest BCUT2D eigenvalue weighted by molar-refractivity contribution is 5.27. The second-order valence-electron chi connectivity index (χ2n) is 3.13. The second-order valence-corrected chi connectivity index (χ2v) is 3.13. The van der Waals surface area contributed by atoms with Gasteiger partial charge in [-0.25, -0.2) is 13.8 Å². The van der Waals surface area contributed by atoms with E-state index in [0.717, 1.165) is 0 Å². The molecule has 0 bridgehead atoms. The summed E-state index contributed by atoms with van der Waals surface area (Å²) in [4.78, 5) is 7.17. The Labute approximate surface area is 89.6 Å². The Balaban J connectivity index is 2.60. The van der Waals surface area contributed by atoms with Crippen molar-refractivity contribution in [3.63, 3.8) is 0 Å². The lowest BCUT2D eigenvalue weighted by atomic mass is 10.4. The summed E-state index contributed by atoms with van der Waals surface area (Å²) in [5.74, 6) is -3.32. The van der Waals surface area contributed by atoms with Crippen molar-refractivity contribution in [1.82, 2.24) is 14.5 Å². The van der Waals surface area contributed by atoms with Crippen molar-refractivity contribution >= 4 is 0 Å². The van der Waals surface area contributed by atoms with Gasteiger partial charge in [0.2, 0.25) is 0 Å². The van der Waals surface area contributed by atoms with E-state index in [1.165, 1.54) is 17.0 Å². The highest BCUT2D eigenvalue weighted by Crippen LogP contribution is 2.15. The van der Waals surface area contributed by atoms with Gasteiger partial charge in [0.05, 0.1) is 0 Å². The molecule has 0 spiro atoms. The van der Waals surface area contributed by atoms with Gasteiger partial charge in [0.25, 0.3) is 5.95 Å². The highest BCUT2D eigenvalue weighted by Gasteiger charge is 2.14. The first-order valence-electron chi connectivity index (χ1n) is 4.67. The lowest BCUT2D eigenvalue weighted by Crippen LogP contribution is -2.07. The van der Waals surface area contributed by atoms with Crippen LogP contribution in [0.25, 0.3) is 5.82 Å². The molecule has 2 heterocycles. The van der Waals surface area contributed by atoms with Crippen LogP contribution in [0.2, 0.25) is 0 Å². The summed E-state index contributed by atoms with van der Waals surface area (Å²) < 4.78 is 40.3. The molecule has 2 aromatic heterocycles. The van der Waals surface area contributed by atoms with Gasteiger partial charge in [-0.05, 0) is 0 Å². The van der Waals surface area contributed by atoms with Crippen molar-refractivity contribution in [3.8, 4) is 5.82 Å². The maximum absolute atomic E-state index is 13.4. The van der Waals surface area contributed by atoms with Crippen molar-refractivity contribution in [2.24, 2.45) is 0 Å². The van der Waals surface area contributed by atoms with Gasteiger partial charge < -0.3 is 0 Å². The van der Waals surface area contributed by atoms with Crippen molar-refractivity contribution in [2.75, 3.05) is 0 Å². The van der Waals surface area contributed by atoms with Gasteiger partial charge in [0.1, 0.15) is 5.82 Å². The minimum absolute atomic E-state index is 0.284. The molecule has 0 amide bonds. The summed E-state index contributed by atoms with van der Waals surface area (Å²) in [6, 6.07) is 0.469. The fraction of sp³-hybridized carbons (Fsp3) is 0.200. The fourth-order valence-electron chi connectivity index (χ4n) is 1.39. The highest BCUT2D eigenvalue weighted by atomic mass is 19.2. The molecule has 0 saturated heterocycles. The molecular weight excluding hydrogens is 219 g/mol. The second kappa shape index (κ2) is 3.96. The zero-order chi connectivity index (χ0) is 11.7. The summed E-state index contributed by atoms with van der Waals surface area (Å²) in [5.41, 5.74) is 0. The molecule has 0 radical (unpaired) electrons. The van der Waals surface area contributed by atoms with E-state index in [2.05, 4.69) is 9.97 Å². The van der Waals surface area contributed by atoms with Crippen LogP contribution in [0.4, 0.5) is 13.2 Å². The molecule has 0 fully saturated rings. The van der Waals surface area contributed by atoms with E-state index in [9.17, 15) is 13.2 Å². The van der Waals surface area contributed by atoms with Gasteiger partial charge in [-0.2, -0.15) is 9.37 Å². The summed E-state index contributed by atoms with van der Waals surface area (Å²) in [7, 11) is 0. The molecule has 6 heteroatoms. The van der Waals surface area contributed by atoms with Crippen LogP contribution in [0, 0.1) is 17.6 Å². The molecule has 0 N–H and O–H groups in total. The number of aryl methyl sites for hydroxylation is 1. The van der Waals surface area contributed by atoms with Gasteiger partial charge in [0, 0.05) is 24.9 Å². The number of hydrogen-bond acceptors (Lipinski definition) is 2. The zero-order valence-electron chi connectivity index (χ0n) is 8.41. The third-order valence-electron chi connectivity index (χ3n) is 2.13. The van der Waals surface area contributed by atoms with Crippen molar-refractivity contribution in [1.29, 1.82) is 0 Å². The molecule has 0 aliphatic heterocycles. The van der Waals surface area contributed by atoms with Crippen LogP contribution in [-0.4, -0.2) is 14.5 Å². The Morgan fingerprint density at radius 3 is 2.69 bits per heavy atom. The number of nitrogens with zero attached hydrogens (tertiary/aromatic N) is 3. The summed E-state index contributed by atoms with van der Waals surface area (Å²) in [6.45, 7) is 1.82. The SMILES string of the molecule is CCc1nccn1-c1nc(F)c(F)cc1F. The lowest BCUT2D eigenvalue weighted by molar-refractivity contribution is 0.460. The topological polar surface area (TPSA) is 30.7 Å². The summed E-state index contributed by atoms with van der Waals surface area (Å²) in [6.07, 6.45) is 3.43. The van der Waals surface area contributed by atoms with E-state index in [1.807, 2.05) is 6.92 Å². The van der Waals surface area contributed by atoms with Crippen LogP contribution in [0.3, 0.4) is 0 Å². The van der Waals surface area contributed by atoms with Crippen molar-refractivity contribution in [3.05, 3.63) is 41.9 Å². The number of hydrogen-bond donors (Lipinski definition) is 0. The number of rotatable bonds is 2. The molecule has 16 heavy (non-hydrogen) atoms. The largest absolute Gasteiger partial charge is 0.285 e. The first kappa shape index (κ1) is 10.7. The molecule has 84 valence electrons. The average molecular weight is 227 g/mol. The predicted molar refractivity (Wildman–Crippen MR) is 50.6 cm³/mol. The number of aromatic nitrogens is 3. The van der Waals surface area contributed by atoms with E-state index in [-0.39, 0.29) is 5.82 Å². The lowest BCUT2D eigenvalue weighted by Gasteiger charge is -2.06. The average Bonchev–Trinajstić information content (AvgIpc) is 2.71. The van der Waals surface area contributed by atoms with Crippen LogP contribution in [0.5, 0.6) is 0 Å². The van der Waals surface area contributed by atoms with E-state index in [1.54, 1.807) is 0 Å². The summed E-state index contributed by atoms with van der Waals surface area (Å²) in [5, 5.41) is 0. The van der Waals surface area contributed by atoms with Crippen molar-refractivity contribution < 1.29 is 13.2 Å². The molecule has 0 saturated carbocycles. The van der Waals surface area contributed by atoms with E-state index >= 15 is 0 Å². The molecular formula is C10H8F3N3. The third kappa shape index (κ3) is 1.66. The van der Waals surface area contributed by atoms with Gasteiger partial charge in [0.15, 0.2) is 17.5 Å². The first-order chi connectivity index (χ1) is 7.63. The zero-order valence-corrected chi connectivity index (χ0v) is 8.41. The maximum Gasteiger partial charge on any atom is 0.251 e. The molecule has 0 atom stereocenters. The smallest absolute Gasteiger partial charge is 0.251 e. The molecule has 0 aliphatic carbocycles. The normalized spacial score (nSPS) is 10.8. The standard InChI is InChI=1S/C10H8F3N3/c1-2-8-14-3-4-16(8)10-7(12)5-6(11)9(13)15-10/h3-5H,2H2,1H3. The van der Waals surface area contributed by atoms with Gasteiger partial charge in [-0.15, -0.1) is 0 Å². The third-order valence-corrected chi connectivity index (χ3v) is 2.13. The monoisotopic (exact) mass is 227 g/mol. The number of halogens is 3. The van der Waals surface area contributed by atoms with E-state index < -0.39 is 17.6 Å². The minimum atomic E-state index is -1.33. The van der Waals surface area contributed by atoms with Gasteiger partial charge >= 0.3 is 0 Å². The van der Waals surface area contributed by atoms with Gasteiger partial charge in [-0.3, -0.25) is 4.57 Å². The van der Waals surface area contributed by atoms with Crippen LogP contribution in [0.1, 0.15) is 12.7 Å². The Bertz CT molecular complexity index is 522. The molecule has 2 rings (SSSR count). The minimum Gasteiger partial charge on any atom is -0.285 e. The van der Waals surface area contributed by atoms with Gasteiger partial charge in [-0.1, -0.05) is 6.92 Å². The fourth-order valence-corrected chi connectivity index (χ4v) is 1.39. The molecule has 0 aromatic carbocycles.